The molecule has 4 aliphatic rings. The topological polar surface area (TPSA) is 46.5 Å². The molecule has 1 aromatic carbocycles. The second-order valence-electron chi connectivity index (χ2n) is 11.6. The van der Waals surface area contributed by atoms with Crippen LogP contribution in [-0.2, 0) is 11.2 Å². The molecule has 1 heterocycles. The summed E-state index contributed by atoms with van der Waals surface area (Å²) in [6, 6.07) is 5.58. The first-order chi connectivity index (χ1) is 13.6. The first-order valence-electron chi connectivity index (χ1n) is 11.6. The fraction of sp³-hybridized carbons (Fsp3) is 0.731. The molecule has 1 aromatic rings. The minimum absolute atomic E-state index is 0.138. The van der Waals surface area contributed by atoms with Crippen molar-refractivity contribution in [3.05, 3.63) is 23.8 Å². The van der Waals surface area contributed by atoms with E-state index in [0.717, 1.165) is 37.0 Å². The molecule has 7 atom stereocenters. The van der Waals surface area contributed by atoms with Crippen LogP contribution < -0.4 is 4.74 Å². The van der Waals surface area contributed by atoms with E-state index in [-0.39, 0.29) is 21.8 Å². The molecule has 3 heteroatoms. The van der Waals surface area contributed by atoms with Crippen LogP contribution in [-0.4, -0.2) is 17.0 Å². The number of aldehydes is 1. The third kappa shape index (κ3) is 2.51. The van der Waals surface area contributed by atoms with E-state index in [1.54, 1.807) is 6.07 Å². The number of benzene rings is 1. The Hall–Kier alpha value is -1.51. The van der Waals surface area contributed by atoms with Crippen LogP contribution in [0.3, 0.4) is 0 Å². The Labute approximate surface area is 175 Å². The van der Waals surface area contributed by atoms with E-state index in [1.165, 1.54) is 32.0 Å². The van der Waals surface area contributed by atoms with Gasteiger partial charge >= 0.3 is 0 Å². The Kier molecular flexibility index (Phi) is 4.04. The van der Waals surface area contributed by atoms with Crippen molar-refractivity contribution < 1.29 is 14.6 Å². The molecular weight excluding hydrogens is 360 g/mol. The molecule has 1 N–H and O–H groups in total. The Balaban J connectivity index is 1.56. The van der Waals surface area contributed by atoms with Crippen LogP contribution in [0.15, 0.2) is 18.2 Å². The zero-order valence-electron chi connectivity index (χ0n) is 18.5. The summed E-state index contributed by atoms with van der Waals surface area (Å²) in [7, 11) is 0. The molecule has 0 aromatic heterocycles. The van der Waals surface area contributed by atoms with Gasteiger partial charge in [0.05, 0.1) is 0 Å². The summed E-state index contributed by atoms with van der Waals surface area (Å²) in [5.74, 6) is 2.87. The summed E-state index contributed by atoms with van der Waals surface area (Å²) >= 11 is 0. The zero-order valence-corrected chi connectivity index (χ0v) is 18.5. The van der Waals surface area contributed by atoms with E-state index in [2.05, 4.69) is 27.7 Å². The Morgan fingerprint density at radius 3 is 2.45 bits per heavy atom. The molecule has 29 heavy (non-hydrogen) atoms. The second-order valence-corrected chi connectivity index (χ2v) is 11.6. The average molecular weight is 397 g/mol. The lowest BCUT2D eigenvalue weighted by Gasteiger charge is -2.68. The van der Waals surface area contributed by atoms with Gasteiger partial charge in [-0.3, -0.25) is 0 Å². The summed E-state index contributed by atoms with van der Waals surface area (Å²) in [5.41, 5.74) is 1.31. The van der Waals surface area contributed by atoms with Gasteiger partial charge in [-0.05, 0) is 98.3 Å². The maximum absolute atomic E-state index is 12.1. The van der Waals surface area contributed by atoms with Crippen LogP contribution in [0.25, 0.3) is 0 Å². The van der Waals surface area contributed by atoms with Crippen molar-refractivity contribution in [1.29, 1.82) is 0 Å². The van der Waals surface area contributed by atoms with Crippen molar-refractivity contribution in [2.75, 3.05) is 0 Å². The third-order valence-electron chi connectivity index (χ3n) is 10.1. The van der Waals surface area contributed by atoms with E-state index in [1.807, 2.05) is 12.1 Å². The van der Waals surface area contributed by atoms with Gasteiger partial charge in [-0.1, -0.05) is 27.2 Å². The van der Waals surface area contributed by atoms with Gasteiger partial charge in [-0.2, -0.15) is 0 Å². The van der Waals surface area contributed by atoms with Crippen LogP contribution >= 0.6 is 0 Å². The molecule has 0 bridgehead atoms. The maximum Gasteiger partial charge on any atom is 0.126 e. The smallest absolute Gasteiger partial charge is 0.126 e. The molecule has 158 valence electrons. The largest absolute Gasteiger partial charge is 0.508 e. The average Bonchev–Trinajstić information content (AvgIpc) is 2.66. The molecular formula is C26H36O3. The van der Waals surface area contributed by atoms with Crippen LogP contribution in [0.5, 0.6) is 11.5 Å². The third-order valence-corrected chi connectivity index (χ3v) is 10.1. The van der Waals surface area contributed by atoms with Crippen molar-refractivity contribution in [2.45, 2.75) is 84.7 Å². The lowest BCUT2D eigenvalue weighted by molar-refractivity contribution is -0.207. The predicted molar refractivity (Wildman–Crippen MR) is 114 cm³/mol. The van der Waals surface area contributed by atoms with Crippen molar-refractivity contribution in [3.63, 3.8) is 0 Å². The van der Waals surface area contributed by atoms with Gasteiger partial charge in [0, 0.05) is 11.3 Å². The number of ether oxygens (including phenoxy) is 1. The first kappa shape index (κ1) is 19.5. The number of phenolic OH excluding ortho intramolecular Hbond substituents is 1. The van der Waals surface area contributed by atoms with Crippen LogP contribution in [0.2, 0.25) is 0 Å². The summed E-state index contributed by atoms with van der Waals surface area (Å²) in [6.07, 6.45) is 10.4. The van der Waals surface area contributed by atoms with Crippen LogP contribution in [0.4, 0.5) is 0 Å². The van der Waals surface area contributed by atoms with Gasteiger partial charge in [0.1, 0.15) is 23.4 Å². The number of carbonyl (C=O) groups excluding carboxylic acids is 1. The molecule has 3 unspecified atom stereocenters. The molecule has 0 spiro atoms. The number of fused-ring (bicyclic) bond motifs is 6. The number of aromatic hydroxyl groups is 1. The SMILES string of the molecule is C[C@]12CCC[C@](C)(C=O)C1CC[C@]1(C)C2CC[C@]2(C)Oc3ccc(O)cc3CC12. The van der Waals surface area contributed by atoms with E-state index in [9.17, 15) is 9.90 Å². The highest BCUT2D eigenvalue weighted by molar-refractivity contribution is 5.60. The summed E-state index contributed by atoms with van der Waals surface area (Å²) in [4.78, 5) is 12.1. The number of carbonyl (C=O) groups is 1. The minimum Gasteiger partial charge on any atom is -0.508 e. The van der Waals surface area contributed by atoms with Gasteiger partial charge < -0.3 is 14.6 Å². The van der Waals surface area contributed by atoms with Gasteiger partial charge in [0.15, 0.2) is 0 Å². The normalized spacial score (nSPS) is 48.3. The molecule has 5 rings (SSSR count). The molecule has 1 aliphatic heterocycles. The van der Waals surface area contributed by atoms with Gasteiger partial charge in [0.2, 0.25) is 0 Å². The molecule has 0 saturated heterocycles. The highest BCUT2D eigenvalue weighted by atomic mass is 16.5. The van der Waals surface area contributed by atoms with Gasteiger partial charge in [-0.15, -0.1) is 0 Å². The van der Waals surface area contributed by atoms with Crippen molar-refractivity contribution in [1.82, 2.24) is 0 Å². The van der Waals surface area contributed by atoms with E-state index < -0.39 is 0 Å². The number of hydrogen-bond acceptors (Lipinski definition) is 3. The highest BCUT2D eigenvalue weighted by Crippen LogP contribution is 2.70. The monoisotopic (exact) mass is 396 g/mol. The number of rotatable bonds is 1. The van der Waals surface area contributed by atoms with Crippen LogP contribution in [0, 0.1) is 34.0 Å². The minimum atomic E-state index is -0.156. The Morgan fingerprint density at radius 2 is 1.69 bits per heavy atom. The first-order valence-corrected chi connectivity index (χ1v) is 11.6. The van der Waals surface area contributed by atoms with Gasteiger partial charge in [0.25, 0.3) is 0 Å². The van der Waals surface area contributed by atoms with E-state index in [4.69, 9.17) is 4.74 Å². The fourth-order valence-corrected chi connectivity index (χ4v) is 8.80. The molecule has 3 fully saturated rings. The predicted octanol–water partition coefficient (Wildman–Crippen LogP) is 5.92. The summed E-state index contributed by atoms with van der Waals surface area (Å²) in [6.45, 7) is 9.57. The number of hydrogen-bond donors (Lipinski definition) is 1. The Bertz CT molecular complexity index is 848. The van der Waals surface area contributed by atoms with Gasteiger partial charge in [-0.25, -0.2) is 0 Å². The molecule has 3 saturated carbocycles. The fourth-order valence-electron chi connectivity index (χ4n) is 8.80. The van der Waals surface area contributed by atoms with E-state index in [0.29, 0.717) is 23.5 Å². The van der Waals surface area contributed by atoms with Crippen molar-refractivity contribution in [2.24, 2.45) is 34.0 Å². The summed E-state index contributed by atoms with van der Waals surface area (Å²) < 4.78 is 6.66. The number of phenols is 1. The van der Waals surface area contributed by atoms with E-state index >= 15 is 0 Å². The second kappa shape index (κ2) is 6.02. The van der Waals surface area contributed by atoms with Crippen molar-refractivity contribution in [3.8, 4) is 11.5 Å². The standard InChI is InChI=1S/C26H36O3/c1-23(16-27)10-5-11-24(2)20(23)8-12-25(3)21(24)9-13-26(4)22(25)15-17-14-18(28)6-7-19(17)29-26/h6-7,14,16,20-22,28H,5,8-13,15H2,1-4H3/t20?,21?,22?,23-,24+,25-,26+/m1/s1. The maximum atomic E-state index is 12.1. The zero-order chi connectivity index (χ0) is 20.7. The molecule has 0 amide bonds. The molecule has 3 aliphatic carbocycles. The van der Waals surface area contributed by atoms with Crippen molar-refractivity contribution >= 4 is 6.29 Å². The van der Waals surface area contributed by atoms with Crippen LogP contribution in [0.1, 0.15) is 78.2 Å². The quantitative estimate of drug-likeness (QED) is 0.599. The highest BCUT2D eigenvalue weighted by Gasteiger charge is 2.66. The Morgan fingerprint density at radius 1 is 0.966 bits per heavy atom. The molecule has 0 radical (unpaired) electrons. The lowest BCUT2D eigenvalue weighted by atomic mass is 9.37. The summed E-state index contributed by atoms with van der Waals surface area (Å²) in [5, 5.41) is 10.0. The molecule has 3 nitrogen and oxygen atoms in total. The lowest BCUT2D eigenvalue weighted by Crippen LogP contribution is -2.65.